The average molecular weight is 412 g/mol. The number of esters is 1. The van der Waals surface area contributed by atoms with E-state index in [1.165, 1.54) is 19.9 Å². The van der Waals surface area contributed by atoms with Crippen LogP contribution in [0.5, 0.6) is 0 Å². The van der Waals surface area contributed by atoms with Gasteiger partial charge in [0.2, 0.25) is 5.76 Å². The molecular weight excluding hydrogens is 394 g/mol. The summed E-state index contributed by atoms with van der Waals surface area (Å²) in [4.78, 5) is 35.9. The predicted molar refractivity (Wildman–Crippen MR) is 109 cm³/mol. The minimum atomic E-state index is -1.05. The molecule has 1 N–H and O–H groups in total. The summed E-state index contributed by atoms with van der Waals surface area (Å²) in [5, 5.41) is 2.99. The molecule has 1 aromatic heterocycles. The molecule has 0 saturated carbocycles. The maximum Gasteiger partial charge on any atom is 0.375 e. The Balaban J connectivity index is 1.64. The monoisotopic (exact) mass is 411 g/mol. The molecule has 3 rings (SSSR count). The van der Waals surface area contributed by atoms with Gasteiger partial charge >= 0.3 is 5.97 Å². The molecule has 1 heterocycles. The van der Waals surface area contributed by atoms with Crippen LogP contribution in [0, 0.1) is 0 Å². The molecule has 0 aliphatic heterocycles. The fourth-order valence-electron chi connectivity index (χ4n) is 2.54. The zero-order valence-corrected chi connectivity index (χ0v) is 16.5. The highest BCUT2D eigenvalue weighted by molar-refractivity contribution is 6.33. The third kappa shape index (κ3) is 4.92. The van der Waals surface area contributed by atoms with Crippen molar-refractivity contribution in [3.63, 3.8) is 0 Å². The Morgan fingerprint density at radius 3 is 2.34 bits per heavy atom. The molecule has 0 unspecified atom stereocenters. The van der Waals surface area contributed by atoms with Crippen molar-refractivity contribution in [3.05, 3.63) is 77.0 Å². The first kappa shape index (κ1) is 20.4. The van der Waals surface area contributed by atoms with Crippen molar-refractivity contribution >= 4 is 34.9 Å². The van der Waals surface area contributed by atoms with Crippen molar-refractivity contribution in [2.24, 2.45) is 0 Å². The lowest BCUT2D eigenvalue weighted by atomic mass is 10.1. The van der Waals surface area contributed by atoms with Gasteiger partial charge in [-0.05, 0) is 38.1 Å². The Morgan fingerprint density at radius 1 is 1.00 bits per heavy atom. The van der Waals surface area contributed by atoms with Gasteiger partial charge in [0.25, 0.3) is 5.91 Å². The third-order valence-corrected chi connectivity index (χ3v) is 4.50. The summed E-state index contributed by atoms with van der Waals surface area (Å²) < 4.78 is 10.7. The lowest BCUT2D eigenvalue weighted by Crippen LogP contribution is -2.30. The van der Waals surface area contributed by atoms with E-state index >= 15 is 0 Å². The van der Waals surface area contributed by atoms with Gasteiger partial charge in [-0.15, -0.1) is 0 Å². The Hall–Kier alpha value is -3.38. The minimum Gasteiger partial charge on any atom is -0.449 e. The van der Waals surface area contributed by atoms with Crippen LogP contribution < -0.4 is 5.32 Å². The van der Waals surface area contributed by atoms with Gasteiger partial charge in [0, 0.05) is 11.1 Å². The second-order valence-electron chi connectivity index (χ2n) is 6.31. The molecule has 0 saturated heterocycles. The van der Waals surface area contributed by atoms with E-state index in [0.717, 1.165) is 0 Å². The first-order valence-electron chi connectivity index (χ1n) is 8.82. The van der Waals surface area contributed by atoms with Crippen molar-refractivity contribution in [2.75, 3.05) is 5.32 Å². The van der Waals surface area contributed by atoms with E-state index in [9.17, 15) is 14.4 Å². The fourth-order valence-corrected chi connectivity index (χ4v) is 2.72. The van der Waals surface area contributed by atoms with Crippen LogP contribution in [0.25, 0.3) is 11.3 Å². The number of rotatable bonds is 6. The Labute approximate surface area is 172 Å². The van der Waals surface area contributed by atoms with Crippen LogP contribution in [0.15, 0.2) is 65.1 Å². The van der Waals surface area contributed by atoms with Gasteiger partial charge in [-0.1, -0.05) is 48.0 Å². The lowest BCUT2D eigenvalue weighted by Gasteiger charge is -2.13. The summed E-state index contributed by atoms with van der Waals surface area (Å²) in [6.45, 7) is 2.94. The standard InChI is InChI=1S/C22H18ClNO5/c1-13(25)15-7-9-16(10-8-15)19-11-12-20(29-19)22(27)28-14(2)21(26)24-18-6-4-3-5-17(18)23/h3-12,14H,1-2H3,(H,24,26)/t14-/m1/s1. The number of Topliss-reactive ketones (excluding diaryl/α,β-unsaturated/α-hetero) is 1. The summed E-state index contributed by atoms with van der Waals surface area (Å²) in [6, 6.07) is 16.7. The highest BCUT2D eigenvalue weighted by Gasteiger charge is 2.22. The summed E-state index contributed by atoms with van der Waals surface area (Å²) in [6.07, 6.45) is -1.05. The minimum absolute atomic E-state index is 0.0342. The fraction of sp³-hybridized carbons (Fsp3) is 0.136. The van der Waals surface area contributed by atoms with Gasteiger partial charge in [-0.25, -0.2) is 4.79 Å². The zero-order chi connectivity index (χ0) is 21.0. The second kappa shape index (κ2) is 8.75. The average Bonchev–Trinajstić information content (AvgIpc) is 3.20. The molecule has 1 atom stereocenters. The number of carbonyl (C=O) groups excluding carboxylic acids is 3. The van der Waals surface area contributed by atoms with E-state index in [1.807, 2.05) is 0 Å². The topological polar surface area (TPSA) is 85.6 Å². The van der Waals surface area contributed by atoms with Crippen LogP contribution in [-0.4, -0.2) is 23.8 Å². The third-order valence-electron chi connectivity index (χ3n) is 4.17. The quantitative estimate of drug-likeness (QED) is 0.456. The Bertz CT molecular complexity index is 1060. The van der Waals surface area contributed by atoms with Crippen LogP contribution in [0.2, 0.25) is 5.02 Å². The number of benzene rings is 2. The van der Waals surface area contributed by atoms with E-state index in [-0.39, 0.29) is 11.5 Å². The number of amides is 1. The Morgan fingerprint density at radius 2 is 1.69 bits per heavy atom. The molecule has 148 valence electrons. The molecule has 0 spiro atoms. The SMILES string of the molecule is CC(=O)c1ccc(-c2ccc(C(=O)O[C@H](C)C(=O)Nc3ccccc3Cl)o2)cc1. The lowest BCUT2D eigenvalue weighted by molar-refractivity contribution is -0.123. The molecule has 1 amide bonds. The number of para-hydroxylation sites is 1. The maximum atomic E-state index is 12.3. The summed E-state index contributed by atoms with van der Waals surface area (Å²) in [7, 11) is 0. The number of halogens is 1. The zero-order valence-electron chi connectivity index (χ0n) is 15.8. The number of hydrogen-bond donors (Lipinski definition) is 1. The van der Waals surface area contributed by atoms with Gasteiger partial charge in [-0.2, -0.15) is 0 Å². The molecule has 0 fully saturated rings. The molecule has 0 radical (unpaired) electrons. The number of hydrogen-bond acceptors (Lipinski definition) is 5. The predicted octanol–water partition coefficient (Wildman–Crippen LogP) is 4.99. The molecule has 3 aromatic rings. The van der Waals surface area contributed by atoms with Crippen molar-refractivity contribution in [3.8, 4) is 11.3 Å². The van der Waals surface area contributed by atoms with Crippen LogP contribution in [0.3, 0.4) is 0 Å². The maximum absolute atomic E-state index is 12.3. The van der Waals surface area contributed by atoms with Crippen LogP contribution >= 0.6 is 11.6 Å². The molecule has 6 nitrogen and oxygen atoms in total. The van der Waals surface area contributed by atoms with Gasteiger partial charge in [0.05, 0.1) is 10.7 Å². The van der Waals surface area contributed by atoms with Gasteiger partial charge in [-0.3, -0.25) is 9.59 Å². The summed E-state index contributed by atoms with van der Waals surface area (Å²) in [5.74, 6) is -0.908. The summed E-state index contributed by atoms with van der Waals surface area (Å²) >= 11 is 6.01. The second-order valence-corrected chi connectivity index (χ2v) is 6.72. The number of ketones is 1. The number of carbonyl (C=O) groups is 3. The number of furan rings is 1. The van der Waals surface area contributed by atoms with E-state index in [2.05, 4.69) is 5.32 Å². The van der Waals surface area contributed by atoms with Crippen molar-refractivity contribution in [1.29, 1.82) is 0 Å². The van der Waals surface area contributed by atoms with Crippen LogP contribution in [-0.2, 0) is 9.53 Å². The van der Waals surface area contributed by atoms with E-state index < -0.39 is 18.0 Å². The molecule has 7 heteroatoms. The van der Waals surface area contributed by atoms with E-state index in [1.54, 1.807) is 54.6 Å². The van der Waals surface area contributed by atoms with Gasteiger partial charge in [0.15, 0.2) is 11.9 Å². The number of ether oxygens (including phenoxy) is 1. The normalized spacial score (nSPS) is 11.6. The van der Waals surface area contributed by atoms with Gasteiger partial charge in [0.1, 0.15) is 5.76 Å². The number of nitrogens with one attached hydrogen (secondary N) is 1. The smallest absolute Gasteiger partial charge is 0.375 e. The highest BCUT2D eigenvalue weighted by Crippen LogP contribution is 2.24. The van der Waals surface area contributed by atoms with Crippen molar-refractivity contribution < 1.29 is 23.5 Å². The summed E-state index contributed by atoms with van der Waals surface area (Å²) in [5.41, 5.74) is 1.72. The van der Waals surface area contributed by atoms with E-state index in [4.69, 9.17) is 20.8 Å². The van der Waals surface area contributed by atoms with Crippen LogP contribution in [0.4, 0.5) is 5.69 Å². The molecule has 0 aliphatic rings. The first-order valence-corrected chi connectivity index (χ1v) is 9.20. The molecule has 29 heavy (non-hydrogen) atoms. The van der Waals surface area contributed by atoms with Crippen molar-refractivity contribution in [2.45, 2.75) is 20.0 Å². The first-order chi connectivity index (χ1) is 13.8. The highest BCUT2D eigenvalue weighted by atomic mass is 35.5. The Kier molecular flexibility index (Phi) is 6.14. The molecule has 2 aromatic carbocycles. The largest absolute Gasteiger partial charge is 0.449 e. The van der Waals surface area contributed by atoms with E-state index in [0.29, 0.717) is 27.6 Å². The molecule has 0 bridgehead atoms. The van der Waals surface area contributed by atoms with Gasteiger partial charge < -0.3 is 14.5 Å². The van der Waals surface area contributed by atoms with Crippen LogP contribution in [0.1, 0.15) is 34.8 Å². The molecular formula is C22H18ClNO5. The van der Waals surface area contributed by atoms with Crippen molar-refractivity contribution in [1.82, 2.24) is 0 Å². The number of anilines is 1. The molecule has 0 aliphatic carbocycles.